The molecule has 33 heavy (non-hydrogen) atoms. The molecular weight excluding hydrogens is 507 g/mol. The van der Waals surface area contributed by atoms with Crippen molar-refractivity contribution < 1.29 is 18.4 Å². The predicted octanol–water partition coefficient (Wildman–Crippen LogP) is 6.18. The molecule has 0 bridgehead atoms. The third-order valence-corrected chi connectivity index (χ3v) is 6.46. The summed E-state index contributed by atoms with van der Waals surface area (Å²) in [6.45, 7) is 5.84. The molecule has 0 aromatic heterocycles. The highest BCUT2D eigenvalue weighted by Gasteiger charge is 2.13. The van der Waals surface area contributed by atoms with E-state index in [1.165, 1.54) is 12.2 Å². The van der Waals surface area contributed by atoms with Crippen molar-refractivity contribution in [2.45, 2.75) is 12.8 Å². The number of rotatable bonds is 13. The normalized spacial score (nSPS) is 14.2. The molecule has 182 valence electrons. The second-order valence-corrected chi connectivity index (χ2v) is 9.47. The largest absolute Gasteiger partial charge is 0.494 e. The Kier molecular flexibility index (Phi) is 11.4. The van der Waals surface area contributed by atoms with Crippen molar-refractivity contribution in [1.82, 2.24) is 4.90 Å². The molecule has 3 rings (SSSR count). The first kappa shape index (κ1) is 26.4. The highest BCUT2D eigenvalue weighted by atomic mass is 35.5. The fourth-order valence-corrected chi connectivity index (χ4v) is 4.34. The van der Waals surface area contributed by atoms with Crippen LogP contribution < -0.4 is 18.0 Å². The molecule has 0 amide bonds. The van der Waals surface area contributed by atoms with Gasteiger partial charge in [0, 0.05) is 50.4 Å². The number of hydrogen-bond donors (Lipinski definition) is 0. The van der Waals surface area contributed by atoms with Crippen molar-refractivity contribution in [3.05, 3.63) is 46.4 Å². The molecule has 0 unspecified atom stereocenters. The van der Waals surface area contributed by atoms with Crippen LogP contribution in [0.1, 0.15) is 12.8 Å². The lowest BCUT2D eigenvalue weighted by Crippen LogP contribution is -2.37. The molecule has 0 aliphatic carbocycles. The molecule has 0 atom stereocenters. The van der Waals surface area contributed by atoms with E-state index < -0.39 is 0 Å². The Labute approximate surface area is 215 Å². The highest BCUT2D eigenvalue weighted by molar-refractivity contribution is 7.96. The summed E-state index contributed by atoms with van der Waals surface area (Å²) in [6, 6.07) is 11.3. The van der Waals surface area contributed by atoms with Gasteiger partial charge < -0.3 is 18.4 Å². The Hall–Kier alpha value is -1.22. The Morgan fingerprint density at radius 2 is 1.64 bits per heavy atom. The van der Waals surface area contributed by atoms with Crippen molar-refractivity contribution in [2.75, 3.05) is 63.3 Å². The molecule has 1 aliphatic rings. The number of hydrogen-bond acceptors (Lipinski definition) is 7. The van der Waals surface area contributed by atoms with Gasteiger partial charge in [-0.1, -0.05) is 23.2 Å². The fourth-order valence-electron chi connectivity index (χ4n) is 3.15. The number of morpholine rings is 1. The topological polar surface area (TPSA) is 43.4 Å². The van der Waals surface area contributed by atoms with E-state index in [4.69, 9.17) is 53.2 Å². The van der Waals surface area contributed by atoms with E-state index in [-0.39, 0.29) is 0 Å². The molecule has 2 aromatic carbocycles. The third-order valence-electron chi connectivity index (χ3n) is 4.93. The summed E-state index contributed by atoms with van der Waals surface area (Å²) in [7, 11) is 1.91. The van der Waals surface area contributed by atoms with Crippen molar-refractivity contribution in [1.29, 1.82) is 0 Å². The molecule has 1 heterocycles. The van der Waals surface area contributed by atoms with Gasteiger partial charge in [0.2, 0.25) is 0 Å². The van der Waals surface area contributed by atoms with Crippen LogP contribution in [0.4, 0.5) is 5.69 Å². The minimum absolute atomic E-state index is 0.394. The molecular formula is C23H29Cl3N2O4S. The summed E-state index contributed by atoms with van der Waals surface area (Å²) in [5.74, 6) is 2.34. The smallest absolute Gasteiger partial charge is 0.179 e. The first-order chi connectivity index (χ1) is 16.1. The molecule has 10 heteroatoms. The van der Waals surface area contributed by atoms with Crippen LogP contribution in [0, 0.1) is 0 Å². The zero-order valence-electron chi connectivity index (χ0n) is 18.6. The summed E-state index contributed by atoms with van der Waals surface area (Å²) in [5.41, 5.74) is 0.971. The van der Waals surface area contributed by atoms with Gasteiger partial charge in [0.05, 0.1) is 36.5 Å². The molecule has 0 saturated carbocycles. The van der Waals surface area contributed by atoms with Gasteiger partial charge in [0.1, 0.15) is 11.5 Å². The number of nitrogens with zero attached hydrogens (tertiary/aromatic N) is 2. The second kappa shape index (κ2) is 14.2. The molecule has 0 spiro atoms. The van der Waals surface area contributed by atoms with Gasteiger partial charge in [-0.05, 0) is 37.1 Å². The van der Waals surface area contributed by atoms with Crippen LogP contribution in [0.3, 0.4) is 0 Å². The molecule has 1 fully saturated rings. The Balaban J connectivity index is 1.42. The van der Waals surface area contributed by atoms with Crippen LogP contribution in [0.25, 0.3) is 0 Å². The maximum absolute atomic E-state index is 6.29. The van der Waals surface area contributed by atoms with E-state index in [1.54, 1.807) is 12.1 Å². The van der Waals surface area contributed by atoms with Crippen LogP contribution in [-0.4, -0.2) is 63.9 Å². The molecule has 2 aromatic rings. The van der Waals surface area contributed by atoms with Crippen LogP contribution in [0.2, 0.25) is 10.0 Å². The first-order valence-electron chi connectivity index (χ1n) is 10.9. The van der Waals surface area contributed by atoms with Crippen molar-refractivity contribution in [3.8, 4) is 17.2 Å². The summed E-state index contributed by atoms with van der Waals surface area (Å²) < 4.78 is 24.5. The lowest BCUT2D eigenvalue weighted by Gasteiger charge is -2.26. The molecule has 0 N–H and O–H groups in total. The highest BCUT2D eigenvalue weighted by Crippen LogP contribution is 2.38. The van der Waals surface area contributed by atoms with Gasteiger partial charge in [-0.3, -0.25) is 9.21 Å². The number of benzene rings is 2. The van der Waals surface area contributed by atoms with Crippen molar-refractivity contribution >= 4 is 52.7 Å². The molecule has 1 saturated heterocycles. The minimum atomic E-state index is 0.394. The van der Waals surface area contributed by atoms with Crippen LogP contribution in [0.15, 0.2) is 36.4 Å². The maximum atomic E-state index is 6.29. The van der Waals surface area contributed by atoms with Crippen LogP contribution in [-0.2, 0) is 4.74 Å². The Morgan fingerprint density at radius 3 is 2.30 bits per heavy atom. The average molecular weight is 536 g/mol. The van der Waals surface area contributed by atoms with Gasteiger partial charge >= 0.3 is 0 Å². The lowest BCUT2D eigenvalue weighted by molar-refractivity contribution is 0.0358. The van der Waals surface area contributed by atoms with Crippen LogP contribution in [0.5, 0.6) is 17.2 Å². The number of halogens is 3. The van der Waals surface area contributed by atoms with E-state index >= 15 is 0 Å². The summed E-state index contributed by atoms with van der Waals surface area (Å²) in [4.78, 5) is 2.41. The quantitative estimate of drug-likeness (QED) is 0.131. The van der Waals surface area contributed by atoms with Gasteiger partial charge in [0.25, 0.3) is 0 Å². The Bertz CT molecular complexity index is 831. The van der Waals surface area contributed by atoms with Crippen molar-refractivity contribution in [2.24, 2.45) is 0 Å². The first-order valence-corrected chi connectivity index (χ1v) is 12.8. The number of ether oxygens (including phenoxy) is 3. The molecule has 6 nitrogen and oxygen atoms in total. The van der Waals surface area contributed by atoms with E-state index in [9.17, 15) is 0 Å². The van der Waals surface area contributed by atoms with Crippen molar-refractivity contribution in [3.63, 3.8) is 0 Å². The molecule has 0 radical (unpaired) electrons. The zero-order chi connectivity index (χ0) is 23.5. The maximum Gasteiger partial charge on any atom is 0.179 e. The van der Waals surface area contributed by atoms with E-state index in [0.717, 1.165) is 50.7 Å². The zero-order valence-corrected chi connectivity index (χ0v) is 21.7. The summed E-state index contributed by atoms with van der Waals surface area (Å²) in [6.07, 6.45) is 1.71. The minimum Gasteiger partial charge on any atom is -0.494 e. The van der Waals surface area contributed by atoms with Crippen LogP contribution >= 0.6 is 47.0 Å². The SMILES string of the molecule is CN(SOc1cc(Cl)c(OCCCCl)c(Cl)c1)c1ccc(OCCCN2CCOCC2)cc1. The number of anilines is 1. The average Bonchev–Trinajstić information content (AvgIpc) is 2.83. The van der Waals surface area contributed by atoms with Gasteiger partial charge in [-0.15, -0.1) is 11.6 Å². The van der Waals surface area contributed by atoms with E-state index in [2.05, 4.69) is 4.90 Å². The Morgan fingerprint density at radius 1 is 0.970 bits per heavy atom. The summed E-state index contributed by atoms with van der Waals surface area (Å²) >= 11 is 19.4. The van der Waals surface area contributed by atoms with Gasteiger partial charge in [-0.2, -0.15) is 0 Å². The third kappa shape index (κ3) is 8.81. The monoisotopic (exact) mass is 534 g/mol. The molecule has 1 aliphatic heterocycles. The standard InChI is InChI=1S/C23H29Cl3N2O4S/c1-27(33-32-20-16-21(25)23(22(26)17-20)31-12-2-8-24)18-4-6-19(7-5-18)30-13-3-9-28-10-14-29-15-11-28/h4-7,16-17H,2-3,8-15H2,1H3. The van der Waals surface area contributed by atoms with E-state index in [1.807, 2.05) is 35.6 Å². The second-order valence-electron chi connectivity index (χ2n) is 7.41. The number of alkyl halides is 1. The fraction of sp³-hybridized carbons (Fsp3) is 0.478. The van der Waals surface area contributed by atoms with Gasteiger partial charge in [0.15, 0.2) is 18.0 Å². The van der Waals surface area contributed by atoms with E-state index in [0.29, 0.717) is 47.1 Å². The summed E-state index contributed by atoms with van der Waals surface area (Å²) in [5, 5.41) is 0.788. The lowest BCUT2D eigenvalue weighted by atomic mass is 10.3. The predicted molar refractivity (Wildman–Crippen MR) is 138 cm³/mol. The van der Waals surface area contributed by atoms with Gasteiger partial charge in [-0.25, -0.2) is 0 Å².